The van der Waals surface area contributed by atoms with E-state index in [4.69, 9.17) is 4.74 Å². The fourth-order valence-electron chi connectivity index (χ4n) is 3.68. The first-order valence-corrected chi connectivity index (χ1v) is 9.82. The Morgan fingerprint density at radius 3 is 2.75 bits per heavy atom. The van der Waals surface area contributed by atoms with Crippen LogP contribution in [-0.2, 0) is 4.74 Å². The Kier molecular flexibility index (Phi) is 5.19. The molecule has 4 rings (SSSR count). The Balaban J connectivity index is 1.82. The monoisotopic (exact) mass is 441 g/mol. The van der Waals surface area contributed by atoms with E-state index < -0.39 is 0 Å². The minimum absolute atomic E-state index is 0.0877. The third-order valence-electron chi connectivity index (χ3n) is 4.91. The van der Waals surface area contributed by atoms with Crippen molar-refractivity contribution >= 4 is 21.8 Å². The number of aromatic amines is 1. The Labute approximate surface area is 171 Å². The molecule has 0 saturated heterocycles. The van der Waals surface area contributed by atoms with Gasteiger partial charge in [0.25, 0.3) is 5.91 Å². The normalized spacial score (nSPS) is 15.9. The van der Waals surface area contributed by atoms with Gasteiger partial charge in [-0.1, -0.05) is 40.2 Å². The highest BCUT2D eigenvalue weighted by Crippen LogP contribution is 2.43. The minimum Gasteiger partial charge on any atom is -0.508 e. The number of hydrogen-bond acceptors (Lipinski definition) is 4. The van der Waals surface area contributed by atoms with Crippen LogP contribution in [-0.4, -0.2) is 46.4 Å². The molecule has 1 atom stereocenters. The minimum atomic E-state index is -0.316. The Morgan fingerprint density at radius 1 is 1.25 bits per heavy atom. The van der Waals surface area contributed by atoms with Crippen LogP contribution in [0, 0.1) is 0 Å². The first-order valence-electron chi connectivity index (χ1n) is 9.03. The van der Waals surface area contributed by atoms with Crippen molar-refractivity contribution in [1.29, 1.82) is 0 Å². The Bertz CT molecular complexity index is 1000. The predicted molar refractivity (Wildman–Crippen MR) is 109 cm³/mol. The fourth-order valence-corrected chi connectivity index (χ4v) is 3.94. The summed E-state index contributed by atoms with van der Waals surface area (Å²) in [6, 6.07) is 14.6. The number of methoxy groups -OCH3 is 1. The number of hydrogen-bond donors (Lipinski definition) is 2. The number of carbonyl (C=O) groups excluding carboxylic acids is 1. The number of phenolic OH excluding ortho intramolecular Hbond substituents is 1. The quantitative estimate of drug-likeness (QED) is 0.563. The summed E-state index contributed by atoms with van der Waals surface area (Å²) in [7, 11) is 1.65. The molecule has 0 spiro atoms. The van der Waals surface area contributed by atoms with Crippen LogP contribution >= 0.6 is 15.9 Å². The zero-order chi connectivity index (χ0) is 19.7. The number of fused-ring (bicyclic) bond motifs is 1. The first-order chi connectivity index (χ1) is 13.6. The second-order valence-corrected chi connectivity index (χ2v) is 7.63. The molecule has 2 aromatic carbocycles. The highest BCUT2D eigenvalue weighted by molar-refractivity contribution is 9.10. The lowest BCUT2D eigenvalue weighted by Gasteiger charge is -2.26. The Morgan fingerprint density at radius 2 is 2.04 bits per heavy atom. The highest BCUT2D eigenvalue weighted by atomic mass is 79.9. The van der Waals surface area contributed by atoms with Gasteiger partial charge in [-0.3, -0.25) is 9.89 Å². The van der Waals surface area contributed by atoms with E-state index in [2.05, 4.69) is 26.1 Å². The van der Waals surface area contributed by atoms with Gasteiger partial charge >= 0.3 is 0 Å². The van der Waals surface area contributed by atoms with Crippen LogP contribution in [0.2, 0.25) is 0 Å². The molecule has 2 heterocycles. The van der Waals surface area contributed by atoms with Crippen LogP contribution in [0.3, 0.4) is 0 Å². The Hall–Kier alpha value is -2.64. The second kappa shape index (κ2) is 7.77. The summed E-state index contributed by atoms with van der Waals surface area (Å²) in [4.78, 5) is 14.9. The number of halogens is 1. The van der Waals surface area contributed by atoms with Gasteiger partial charge in [-0.2, -0.15) is 5.10 Å². The lowest BCUT2D eigenvalue weighted by molar-refractivity contribution is 0.0723. The van der Waals surface area contributed by atoms with Crippen molar-refractivity contribution in [2.45, 2.75) is 12.5 Å². The molecule has 7 heteroatoms. The highest BCUT2D eigenvalue weighted by Gasteiger charge is 2.41. The van der Waals surface area contributed by atoms with Gasteiger partial charge in [0, 0.05) is 35.9 Å². The van der Waals surface area contributed by atoms with Crippen molar-refractivity contribution in [3.05, 3.63) is 69.8 Å². The number of phenols is 1. The van der Waals surface area contributed by atoms with Crippen LogP contribution in [0.4, 0.5) is 0 Å². The van der Waals surface area contributed by atoms with Gasteiger partial charge in [-0.05, 0) is 36.2 Å². The van der Waals surface area contributed by atoms with E-state index in [0.29, 0.717) is 18.8 Å². The van der Waals surface area contributed by atoms with E-state index in [9.17, 15) is 9.90 Å². The molecule has 3 aromatic rings. The summed E-state index contributed by atoms with van der Waals surface area (Å²) in [5, 5.41) is 17.4. The average molecular weight is 442 g/mol. The van der Waals surface area contributed by atoms with Gasteiger partial charge in [-0.25, -0.2) is 0 Å². The number of benzene rings is 2. The standard InChI is InChI=1S/C21H20BrN3O3/c1-28-11-3-10-25-20(14-4-2-5-16(26)12-14)17-18(23-24-19(17)21(25)27)13-6-8-15(22)9-7-13/h2,4-9,12,20,26H,3,10-11H2,1H3,(H,23,24). The lowest BCUT2D eigenvalue weighted by atomic mass is 9.96. The third kappa shape index (κ3) is 3.31. The van der Waals surface area contributed by atoms with Crippen LogP contribution in [0.1, 0.15) is 34.1 Å². The van der Waals surface area contributed by atoms with Crippen molar-refractivity contribution in [3.63, 3.8) is 0 Å². The number of aromatic nitrogens is 2. The molecule has 1 aliphatic heterocycles. The summed E-state index contributed by atoms with van der Waals surface area (Å²) in [6.45, 7) is 1.12. The van der Waals surface area contributed by atoms with E-state index in [1.54, 1.807) is 25.3 Å². The van der Waals surface area contributed by atoms with Crippen LogP contribution < -0.4 is 0 Å². The summed E-state index contributed by atoms with van der Waals surface area (Å²) in [6.07, 6.45) is 0.725. The number of carbonyl (C=O) groups is 1. The number of amides is 1. The number of ether oxygens (including phenoxy) is 1. The molecule has 0 saturated carbocycles. The average Bonchev–Trinajstić information content (AvgIpc) is 3.22. The molecule has 1 aromatic heterocycles. The van der Waals surface area contributed by atoms with E-state index in [-0.39, 0.29) is 17.7 Å². The number of H-pyrrole nitrogens is 1. The number of nitrogens with zero attached hydrogens (tertiary/aromatic N) is 2. The third-order valence-corrected chi connectivity index (χ3v) is 5.44. The fraction of sp³-hybridized carbons (Fsp3) is 0.238. The molecule has 1 unspecified atom stereocenters. The summed E-state index contributed by atoms with van der Waals surface area (Å²) >= 11 is 3.45. The first kappa shape index (κ1) is 18.7. The molecule has 1 aliphatic rings. The molecule has 0 fully saturated rings. The van der Waals surface area contributed by atoms with Crippen molar-refractivity contribution < 1.29 is 14.6 Å². The molecule has 144 valence electrons. The smallest absolute Gasteiger partial charge is 0.273 e. The second-order valence-electron chi connectivity index (χ2n) is 6.71. The zero-order valence-corrected chi connectivity index (χ0v) is 16.9. The van der Waals surface area contributed by atoms with E-state index in [1.807, 2.05) is 35.2 Å². The zero-order valence-electron chi connectivity index (χ0n) is 15.4. The number of nitrogens with one attached hydrogen (secondary N) is 1. The molecule has 6 nitrogen and oxygen atoms in total. The summed E-state index contributed by atoms with van der Waals surface area (Å²) in [5.41, 5.74) is 3.87. The van der Waals surface area contributed by atoms with Crippen LogP contribution in [0.15, 0.2) is 53.0 Å². The van der Waals surface area contributed by atoms with E-state index in [0.717, 1.165) is 33.3 Å². The summed E-state index contributed by atoms with van der Waals surface area (Å²) in [5.74, 6) is 0.0826. The molecule has 0 bridgehead atoms. The van der Waals surface area contributed by atoms with Gasteiger partial charge < -0.3 is 14.7 Å². The maximum Gasteiger partial charge on any atom is 0.273 e. The van der Waals surface area contributed by atoms with E-state index >= 15 is 0 Å². The molecule has 2 N–H and O–H groups in total. The van der Waals surface area contributed by atoms with Crippen molar-refractivity contribution in [2.24, 2.45) is 0 Å². The van der Waals surface area contributed by atoms with Gasteiger partial charge in [0.1, 0.15) is 11.4 Å². The predicted octanol–water partition coefficient (Wildman–Crippen LogP) is 4.13. The largest absolute Gasteiger partial charge is 0.508 e. The van der Waals surface area contributed by atoms with Gasteiger partial charge in [0.05, 0.1) is 11.7 Å². The van der Waals surface area contributed by atoms with Crippen LogP contribution in [0.5, 0.6) is 5.75 Å². The van der Waals surface area contributed by atoms with Gasteiger partial charge in [0.15, 0.2) is 0 Å². The molecule has 0 radical (unpaired) electrons. The SMILES string of the molecule is COCCCN1C(=O)c2[nH]nc(-c3ccc(Br)cc3)c2C1c1cccc(O)c1. The van der Waals surface area contributed by atoms with Crippen molar-refractivity contribution in [1.82, 2.24) is 15.1 Å². The van der Waals surface area contributed by atoms with E-state index in [1.165, 1.54) is 0 Å². The van der Waals surface area contributed by atoms with Gasteiger partial charge in [-0.15, -0.1) is 0 Å². The van der Waals surface area contributed by atoms with Crippen molar-refractivity contribution in [2.75, 3.05) is 20.3 Å². The number of aromatic hydroxyl groups is 1. The maximum absolute atomic E-state index is 13.1. The molecule has 28 heavy (non-hydrogen) atoms. The topological polar surface area (TPSA) is 78.5 Å². The van der Waals surface area contributed by atoms with Crippen molar-refractivity contribution in [3.8, 4) is 17.0 Å². The van der Waals surface area contributed by atoms with Gasteiger partial charge in [0.2, 0.25) is 0 Å². The summed E-state index contributed by atoms with van der Waals surface area (Å²) < 4.78 is 6.13. The molecule has 0 aliphatic carbocycles. The maximum atomic E-state index is 13.1. The number of rotatable bonds is 6. The lowest BCUT2D eigenvalue weighted by Crippen LogP contribution is -2.31. The molecule has 1 amide bonds. The van der Waals surface area contributed by atoms with Crippen LogP contribution in [0.25, 0.3) is 11.3 Å². The molecular formula is C21H20BrN3O3. The molecular weight excluding hydrogens is 422 g/mol.